The van der Waals surface area contributed by atoms with Crippen molar-refractivity contribution in [3.8, 4) is 0 Å². The molecule has 1 heterocycles. The summed E-state index contributed by atoms with van der Waals surface area (Å²) >= 11 is 0. The van der Waals surface area contributed by atoms with Crippen molar-refractivity contribution in [3.05, 3.63) is 11.8 Å². The number of carbonyl (C=O) groups is 1. The van der Waals surface area contributed by atoms with Gasteiger partial charge in [-0.1, -0.05) is 0 Å². The van der Waals surface area contributed by atoms with Gasteiger partial charge in [-0.25, -0.2) is 4.21 Å². The molecule has 0 aliphatic carbocycles. The van der Waals surface area contributed by atoms with Crippen molar-refractivity contribution in [3.63, 3.8) is 0 Å². The van der Waals surface area contributed by atoms with E-state index in [1.807, 2.05) is 0 Å². The monoisotopic (exact) mass is 174 g/mol. The predicted octanol–water partition coefficient (Wildman–Crippen LogP) is -0.502. The molecule has 1 atom stereocenters. The summed E-state index contributed by atoms with van der Waals surface area (Å²) in [6.07, 6.45) is 1.43. The van der Waals surface area contributed by atoms with Crippen LogP contribution in [0.25, 0.3) is 0 Å². The van der Waals surface area contributed by atoms with Crippen LogP contribution >= 0.6 is 0 Å². The molecule has 5 heteroatoms. The van der Waals surface area contributed by atoms with Crippen LogP contribution in [-0.4, -0.2) is 27.3 Å². The van der Waals surface area contributed by atoms with Gasteiger partial charge < -0.3 is 4.72 Å². The molecule has 0 aromatic heterocycles. The number of hydrogen-bond acceptors (Lipinski definition) is 2. The van der Waals surface area contributed by atoms with Crippen molar-refractivity contribution in [1.82, 2.24) is 9.03 Å². The quantitative estimate of drug-likeness (QED) is 0.503. The van der Waals surface area contributed by atoms with Gasteiger partial charge in [-0.05, 0) is 12.8 Å². The second-order valence-electron chi connectivity index (χ2n) is 2.39. The number of hydrogen-bond donors (Lipinski definition) is 1. The summed E-state index contributed by atoms with van der Waals surface area (Å²) in [7, 11) is -1.13. The standard InChI is InChI=1S/C6H10N2O2S/c1-5-4-7-11(3,10)8(2)6(5)9/h4H,3H2,1-2H3,(H,7,10). The van der Waals surface area contributed by atoms with E-state index in [0.29, 0.717) is 5.57 Å². The van der Waals surface area contributed by atoms with Crippen molar-refractivity contribution < 1.29 is 9.00 Å². The molecule has 11 heavy (non-hydrogen) atoms. The first kappa shape index (κ1) is 8.13. The van der Waals surface area contributed by atoms with E-state index >= 15 is 0 Å². The molecule has 0 bridgehead atoms. The fourth-order valence-electron chi connectivity index (χ4n) is 0.704. The Hall–Kier alpha value is -0.970. The minimum absolute atomic E-state index is 0.247. The summed E-state index contributed by atoms with van der Waals surface area (Å²) in [5.41, 5.74) is 0.537. The molecule has 0 fully saturated rings. The van der Waals surface area contributed by atoms with E-state index < -0.39 is 9.89 Å². The Morgan fingerprint density at radius 2 is 2.27 bits per heavy atom. The van der Waals surface area contributed by atoms with E-state index in [1.165, 1.54) is 13.2 Å². The second-order valence-corrected chi connectivity index (χ2v) is 4.45. The van der Waals surface area contributed by atoms with Crippen LogP contribution in [0.4, 0.5) is 0 Å². The van der Waals surface area contributed by atoms with Crippen LogP contribution < -0.4 is 4.72 Å². The number of nitrogens with zero attached hydrogens (tertiary/aromatic N) is 1. The van der Waals surface area contributed by atoms with Gasteiger partial charge in [-0.3, -0.25) is 9.10 Å². The molecule has 1 aliphatic rings. The molecule has 0 aromatic carbocycles. The summed E-state index contributed by atoms with van der Waals surface area (Å²) in [5.74, 6) is 3.13. The lowest BCUT2D eigenvalue weighted by Gasteiger charge is -2.26. The normalized spacial score (nSPS) is 31.3. The zero-order valence-corrected chi connectivity index (χ0v) is 7.27. The molecule has 4 nitrogen and oxygen atoms in total. The van der Waals surface area contributed by atoms with Crippen molar-refractivity contribution in [1.29, 1.82) is 0 Å². The number of likely N-dealkylation sites (N-methyl/N-ethyl adjacent to an activating group) is 1. The van der Waals surface area contributed by atoms with Crippen LogP contribution in [0.5, 0.6) is 0 Å². The molecule has 0 aromatic rings. The van der Waals surface area contributed by atoms with Gasteiger partial charge >= 0.3 is 0 Å². The van der Waals surface area contributed by atoms with Crippen LogP contribution in [0.15, 0.2) is 11.8 Å². The Bertz CT molecular complexity index is 315. The van der Waals surface area contributed by atoms with Crippen molar-refractivity contribution in [2.24, 2.45) is 0 Å². The lowest BCUT2D eigenvalue weighted by molar-refractivity contribution is -0.121. The third-order valence-electron chi connectivity index (χ3n) is 1.53. The Labute approximate surface area is 66.2 Å². The molecule has 1 amide bonds. The molecule has 0 saturated carbocycles. The van der Waals surface area contributed by atoms with Gasteiger partial charge in [-0.2, -0.15) is 0 Å². The Balaban J connectivity index is 3.15. The number of carbonyl (C=O) groups excluding carboxylic acids is 1. The van der Waals surface area contributed by atoms with Crippen molar-refractivity contribution >= 4 is 21.7 Å². The van der Waals surface area contributed by atoms with E-state index in [9.17, 15) is 9.00 Å². The van der Waals surface area contributed by atoms with Crippen LogP contribution in [-0.2, 0) is 14.7 Å². The lowest BCUT2D eigenvalue weighted by atomic mass is 10.3. The summed E-state index contributed by atoms with van der Waals surface area (Å²) in [5, 5.41) is 0. The van der Waals surface area contributed by atoms with Gasteiger partial charge in [0.25, 0.3) is 5.91 Å². The average molecular weight is 174 g/mol. The molecule has 1 rings (SSSR count). The van der Waals surface area contributed by atoms with Crippen LogP contribution in [0.3, 0.4) is 0 Å². The van der Waals surface area contributed by atoms with E-state index in [4.69, 9.17) is 0 Å². The predicted molar refractivity (Wildman–Crippen MR) is 44.9 cm³/mol. The maximum absolute atomic E-state index is 11.3. The van der Waals surface area contributed by atoms with Crippen LogP contribution in [0.1, 0.15) is 6.92 Å². The van der Waals surface area contributed by atoms with E-state index in [1.54, 1.807) is 6.92 Å². The molecule has 1 unspecified atom stereocenters. The SMILES string of the molecule is C=S1(=O)NC=C(C)C(=O)N1C. The van der Waals surface area contributed by atoms with Crippen LogP contribution in [0, 0.1) is 0 Å². The lowest BCUT2D eigenvalue weighted by Crippen LogP contribution is -2.43. The molecule has 0 saturated heterocycles. The highest BCUT2D eigenvalue weighted by Crippen LogP contribution is 2.07. The van der Waals surface area contributed by atoms with Gasteiger partial charge in [0.1, 0.15) is 9.89 Å². The van der Waals surface area contributed by atoms with Gasteiger partial charge in [0.05, 0.1) is 0 Å². The highest BCUT2D eigenvalue weighted by atomic mass is 32.2. The fraction of sp³-hybridized carbons (Fsp3) is 0.333. The zero-order chi connectivity index (χ0) is 8.65. The van der Waals surface area contributed by atoms with Crippen LogP contribution in [0.2, 0.25) is 0 Å². The minimum atomic E-state index is -2.59. The van der Waals surface area contributed by atoms with E-state index in [0.717, 1.165) is 4.31 Å². The summed E-state index contributed by atoms with van der Waals surface area (Å²) in [6, 6.07) is 0. The van der Waals surface area contributed by atoms with E-state index in [-0.39, 0.29) is 5.91 Å². The van der Waals surface area contributed by atoms with E-state index in [2.05, 4.69) is 10.6 Å². The first-order valence-electron chi connectivity index (χ1n) is 3.04. The smallest absolute Gasteiger partial charge is 0.263 e. The molecule has 0 radical (unpaired) electrons. The van der Waals surface area contributed by atoms with Gasteiger partial charge in [0.2, 0.25) is 0 Å². The van der Waals surface area contributed by atoms with Gasteiger partial charge in [0, 0.05) is 18.8 Å². The third-order valence-corrected chi connectivity index (χ3v) is 3.06. The third kappa shape index (κ3) is 1.23. The maximum Gasteiger partial charge on any atom is 0.263 e. The topological polar surface area (TPSA) is 49.4 Å². The molecule has 0 spiro atoms. The van der Waals surface area contributed by atoms with Crippen molar-refractivity contribution in [2.75, 3.05) is 7.05 Å². The Morgan fingerprint density at radius 3 is 2.73 bits per heavy atom. The van der Waals surface area contributed by atoms with Gasteiger partial charge in [-0.15, -0.1) is 0 Å². The zero-order valence-electron chi connectivity index (χ0n) is 6.46. The maximum atomic E-state index is 11.3. The number of nitrogens with one attached hydrogen (secondary N) is 1. The Morgan fingerprint density at radius 1 is 1.73 bits per heavy atom. The summed E-state index contributed by atoms with van der Waals surface area (Å²) < 4.78 is 15.0. The number of amides is 1. The number of rotatable bonds is 0. The van der Waals surface area contributed by atoms with Crippen molar-refractivity contribution in [2.45, 2.75) is 6.92 Å². The highest BCUT2D eigenvalue weighted by molar-refractivity contribution is 7.97. The fourth-order valence-corrected chi connectivity index (χ4v) is 1.63. The summed E-state index contributed by atoms with van der Waals surface area (Å²) in [4.78, 5) is 11.1. The largest absolute Gasteiger partial charge is 0.304 e. The minimum Gasteiger partial charge on any atom is -0.304 e. The molecule has 62 valence electrons. The molecular formula is C6H10N2O2S. The highest BCUT2D eigenvalue weighted by Gasteiger charge is 2.22. The summed E-state index contributed by atoms with van der Waals surface area (Å²) in [6.45, 7) is 1.65. The first-order chi connectivity index (χ1) is 4.95. The molecule has 1 N–H and O–H groups in total. The second kappa shape index (κ2) is 2.27. The molecule has 1 aliphatic heterocycles. The first-order valence-corrected chi connectivity index (χ1v) is 4.73. The van der Waals surface area contributed by atoms with Gasteiger partial charge in [0.15, 0.2) is 0 Å². The average Bonchev–Trinajstić information content (AvgIpc) is 1.95. The Kier molecular flexibility index (Phi) is 1.67. The molecular weight excluding hydrogens is 164 g/mol.